The first kappa shape index (κ1) is 12.0. The zero-order valence-corrected chi connectivity index (χ0v) is 9.65. The monoisotopic (exact) mass is 273 g/mol. The number of phenols is 1. The average Bonchev–Trinajstić information content (AvgIpc) is 2.16. The Morgan fingerprint density at radius 1 is 1.47 bits per heavy atom. The molecule has 4 nitrogen and oxygen atoms in total. The Kier molecular flexibility index (Phi) is 3.71. The van der Waals surface area contributed by atoms with Gasteiger partial charge in [0.2, 0.25) is 0 Å². The summed E-state index contributed by atoms with van der Waals surface area (Å²) in [6, 6.07) is 4.19. The van der Waals surface area contributed by atoms with Crippen LogP contribution in [-0.4, -0.2) is 22.7 Å². The highest BCUT2D eigenvalue weighted by molar-refractivity contribution is 8.93. The van der Waals surface area contributed by atoms with Crippen LogP contribution in [-0.2, 0) is 11.2 Å². The molecule has 5 heteroatoms. The Bertz CT molecular complexity index is 381. The molecule has 82 valence electrons. The third-order valence-corrected chi connectivity index (χ3v) is 2.43. The Morgan fingerprint density at radius 2 is 2.20 bits per heavy atom. The third kappa shape index (κ3) is 2.30. The number of aliphatic carboxylic acids is 1. The Balaban J connectivity index is 0.00000112. The highest BCUT2D eigenvalue weighted by Crippen LogP contribution is 2.26. The number of benzene rings is 1. The Morgan fingerprint density at radius 3 is 2.87 bits per heavy atom. The summed E-state index contributed by atoms with van der Waals surface area (Å²) >= 11 is 0. The van der Waals surface area contributed by atoms with Crippen molar-refractivity contribution in [3.8, 4) is 5.75 Å². The van der Waals surface area contributed by atoms with Crippen LogP contribution in [0.3, 0.4) is 0 Å². The van der Waals surface area contributed by atoms with Crippen molar-refractivity contribution in [1.82, 2.24) is 5.32 Å². The molecule has 1 aromatic rings. The molecular weight excluding hydrogens is 262 g/mol. The van der Waals surface area contributed by atoms with Crippen LogP contribution in [0, 0.1) is 0 Å². The molecule has 2 rings (SSSR count). The summed E-state index contributed by atoms with van der Waals surface area (Å²) in [7, 11) is 0. The highest BCUT2D eigenvalue weighted by atomic mass is 79.9. The summed E-state index contributed by atoms with van der Waals surface area (Å²) in [6.45, 7) is 0.661. The fourth-order valence-corrected chi connectivity index (χ4v) is 1.76. The van der Waals surface area contributed by atoms with Crippen molar-refractivity contribution in [2.45, 2.75) is 12.5 Å². The smallest absolute Gasteiger partial charge is 0.325 e. The minimum atomic E-state index is -0.906. The lowest BCUT2D eigenvalue weighted by Crippen LogP contribution is -2.34. The zero-order chi connectivity index (χ0) is 10.1. The van der Waals surface area contributed by atoms with Gasteiger partial charge in [0.25, 0.3) is 0 Å². The molecule has 0 saturated heterocycles. The van der Waals surface area contributed by atoms with Gasteiger partial charge in [0, 0.05) is 6.54 Å². The summed E-state index contributed by atoms with van der Waals surface area (Å²) in [5.41, 5.74) is 1.66. The highest BCUT2D eigenvalue weighted by Gasteiger charge is 2.25. The lowest BCUT2D eigenvalue weighted by atomic mass is 9.94. The number of nitrogens with one attached hydrogen (secondary N) is 1. The Hall–Kier alpha value is -1.07. The molecule has 0 saturated carbocycles. The second-order valence-electron chi connectivity index (χ2n) is 3.36. The maximum atomic E-state index is 10.9. The number of rotatable bonds is 1. The molecule has 1 atom stereocenters. The van der Waals surface area contributed by atoms with E-state index in [9.17, 15) is 9.90 Å². The van der Waals surface area contributed by atoms with Gasteiger partial charge >= 0.3 is 5.97 Å². The number of hydrogen-bond acceptors (Lipinski definition) is 3. The molecule has 0 spiro atoms. The van der Waals surface area contributed by atoms with E-state index in [-0.39, 0.29) is 22.7 Å². The molecule has 3 N–H and O–H groups in total. The number of carboxylic acids is 1. The molecule has 1 aliphatic rings. The molecule has 1 unspecified atom stereocenters. The van der Waals surface area contributed by atoms with Crippen LogP contribution < -0.4 is 5.32 Å². The molecule has 1 aliphatic heterocycles. The number of aromatic hydroxyl groups is 1. The van der Waals surface area contributed by atoms with Gasteiger partial charge < -0.3 is 15.5 Å². The van der Waals surface area contributed by atoms with Crippen molar-refractivity contribution in [3.63, 3.8) is 0 Å². The van der Waals surface area contributed by atoms with Crippen molar-refractivity contribution >= 4 is 23.0 Å². The Labute approximate surface area is 97.7 Å². The second kappa shape index (κ2) is 4.63. The number of hydrogen-bond donors (Lipinski definition) is 3. The van der Waals surface area contributed by atoms with E-state index in [1.165, 1.54) is 6.07 Å². The van der Waals surface area contributed by atoms with Gasteiger partial charge in [0.05, 0.1) is 0 Å². The van der Waals surface area contributed by atoms with Crippen LogP contribution in [0.5, 0.6) is 5.75 Å². The number of phenolic OH excluding ortho intramolecular Hbond substituents is 1. The molecule has 0 bridgehead atoms. The SMILES string of the molecule is Br.O=C(O)C1NCCc2ccc(O)cc21. The first-order valence-electron chi connectivity index (χ1n) is 4.46. The van der Waals surface area contributed by atoms with E-state index < -0.39 is 12.0 Å². The van der Waals surface area contributed by atoms with Gasteiger partial charge in [-0.15, -0.1) is 17.0 Å². The van der Waals surface area contributed by atoms with Gasteiger partial charge in [-0.2, -0.15) is 0 Å². The first-order chi connectivity index (χ1) is 6.68. The fourth-order valence-electron chi connectivity index (χ4n) is 1.76. The molecule has 0 aliphatic carbocycles. The summed E-state index contributed by atoms with van der Waals surface area (Å²) in [6.07, 6.45) is 0.805. The summed E-state index contributed by atoms with van der Waals surface area (Å²) in [4.78, 5) is 10.9. The predicted molar refractivity (Wildman–Crippen MR) is 60.5 cm³/mol. The van der Waals surface area contributed by atoms with Crippen LogP contribution in [0.1, 0.15) is 17.2 Å². The maximum Gasteiger partial charge on any atom is 0.325 e. The third-order valence-electron chi connectivity index (χ3n) is 2.43. The molecule has 0 aromatic heterocycles. The molecule has 0 radical (unpaired) electrons. The molecular formula is C10H12BrNO3. The summed E-state index contributed by atoms with van der Waals surface area (Å²) < 4.78 is 0. The quantitative estimate of drug-likeness (QED) is 0.720. The van der Waals surface area contributed by atoms with Crippen molar-refractivity contribution in [3.05, 3.63) is 29.3 Å². The molecule has 1 heterocycles. The van der Waals surface area contributed by atoms with Crippen LogP contribution in [0.4, 0.5) is 0 Å². The van der Waals surface area contributed by atoms with Gasteiger partial charge in [-0.3, -0.25) is 4.79 Å². The topological polar surface area (TPSA) is 69.6 Å². The molecule has 15 heavy (non-hydrogen) atoms. The number of fused-ring (bicyclic) bond motifs is 1. The van der Waals surface area contributed by atoms with Gasteiger partial charge in [-0.1, -0.05) is 6.07 Å². The zero-order valence-electron chi connectivity index (χ0n) is 7.93. The lowest BCUT2D eigenvalue weighted by Gasteiger charge is -2.23. The average molecular weight is 274 g/mol. The second-order valence-corrected chi connectivity index (χ2v) is 3.36. The van der Waals surface area contributed by atoms with Gasteiger partial charge in [0.15, 0.2) is 0 Å². The van der Waals surface area contributed by atoms with Crippen molar-refractivity contribution in [2.75, 3.05) is 6.54 Å². The van der Waals surface area contributed by atoms with E-state index >= 15 is 0 Å². The van der Waals surface area contributed by atoms with E-state index in [2.05, 4.69) is 5.32 Å². The van der Waals surface area contributed by atoms with E-state index in [1.807, 2.05) is 0 Å². The van der Waals surface area contributed by atoms with Gasteiger partial charge in [0.1, 0.15) is 11.8 Å². The van der Waals surface area contributed by atoms with E-state index in [0.29, 0.717) is 12.1 Å². The molecule has 0 fully saturated rings. The molecule has 1 aromatic carbocycles. The van der Waals surface area contributed by atoms with Crippen LogP contribution in [0.15, 0.2) is 18.2 Å². The van der Waals surface area contributed by atoms with Crippen LogP contribution in [0.25, 0.3) is 0 Å². The number of carboxylic acid groups (broad SMARTS) is 1. The van der Waals surface area contributed by atoms with Crippen molar-refractivity contribution in [2.24, 2.45) is 0 Å². The largest absolute Gasteiger partial charge is 0.508 e. The standard InChI is InChI=1S/C10H11NO3.BrH/c12-7-2-1-6-3-4-11-9(10(13)14)8(6)5-7;/h1-2,5,9,11-12H,3-4H2,(H,13,14);1H. The maximum absolute atomic E-state index is 10.9. The minimum absolute atomic E-state index is 0. The first-order valence-corrected chi connectivity index (χ1v) is 4.46. The predicted octanol–water partition coefficient (Wildman–Crippen LogP) is 1.24. The number of carbonyl (C=O) groups is 1. The fraction of sp³-hybridized carbons (Fsp3) is 0.300. The van der Waals surface area contributed by atoms with E-state index in [0.717, 1.165) is 12.0 Å². The van der Waals surface area contributed by atoms with Gasteiger partial charge in [-0.25, -0.2) is 0 Å². The van der Waals surface area contributed by atoms with E-state index in [4.69, 9.17) is 5.11 Å². The summed E-state index contributed by atoms with van der Waals surface area (Å²) in [5, 5.41) is 21.1. The van der Waals surface area contributed by atoms with Crippen molar-refractivity contribution < 1.29 is 15.0 Å². The normalized spacial score (nSPS) is 18.8. The minimum Gasteiger partial charge on any atom is -0.508 e. The van der Waals surface area contributed by atoms with Gasteiger partial charge in [-0.05, 0) is 29.7 Å². The van der Waals surface area contributed by atoms with Crippen molar-refractivity contribution in [1.29, 1.82) is 0 Å². The number of halogens is 1. The molecule has 0 amide bonds. The van der Waals surface area contributed by atoms with Crippen LogP contribution in [0.2, 0.25) is 0 Å². The van der Waals surface area contributed by atoms with E-state index in [1.54, 1.807) is 12.1 Å². The van der Waals surface area contributed by atoms with Crippen LogP contribution >= 0.6 is 17.0 Å². The summed E-state index contributed by atoms with van der Waals surface area (Å²) in [5.74, 6) is -0.796. The lowest BCUT2D eigenvalue weighted by molar-refractivity contribution is -0.139.